The van der Waals surface area contributed by atoms with Crippen molar-refractivity contribution in [1.29, 1.82) is 0 Å². The summed E-state index contributed by atoms with van der Waals surface area (Å²) in [6, 6.07) is 0. The van der Waals surface area contributed by atoms with E-state index < -0.39 is 18.4 Å². The number of unbranched alkanes of at least 4 members (excludes halogenated alkanes) is 15. The molecule has 0 atom stereocenters. The molecular weight excluding hydrogens is 419 g/mol. The van der Waals surface area contributed by atoms with Gasteiger partial charge in [-0.05, 0) is 6.42 Å². The summed E-state index contributed by atoms with van der Waals surface area (Å²) in [6.45, 7) is 6.73. The van der Waals surface area contributed by atoms with Crippen molar-refractivity contribution in [3.63, 3.8) is 0 Å². The van der Waals surface area contributed by atoms with Crippen LogP contribution in [0.5, 0.6) is 0 Å². The zero-order chi connectivity index (χ0) is 22.3. The first-order valence-corrected chi connectivity index (χ1v) is 12.2. The molecule has 0 radical (unpaired) electrons. The Bertz CT molecular complexity index is 440. The Labute approximate surface area is 233 Å². The van der Waals surface area contributed by atoms with Crippen molar-refractivity contribution in [2.24, 2.45) is 0 Å². The fourth-order valence-electron chi connectivity index (χ4n) is 3.40. The van der Waals surface area contributed by atoms with E-state index in [0.29, 0.717) is 13.2 Å². The Morgan fingerprint density at radius 3 is 1.52 bits per heavy atom. The number of hydrogen-bond donors (Lipinski definition) is 0. The number of rotatable bonds is 23. The zero-order valence-electron chi connectivity index (χ0n) is 20.4. The minimum Gasteiger partial charge on any atom is -0.550 e. The molecule has 0 aromatic carbocycles. The van der Waals surface area contributed by atoms with E-state index in [2.05, 4.69) is 13.5 Å². The van der Waals surface area contributed by atoms with E-state index in [-0.39, 0.29) is 63.6 Å². The Hall–Kier alpha value is 0.276. The number of ether oxygens (including phenoxy) is 2. The van der Waals surface area contributed by atoms with E-state index in [9.17, 15) is 14.7 Å². The van der Waals surface area contributed by atoms with Crippen LogP contribution in [0.25, 0.3) is 0 Å². The van der Waals surface area contributed by atoms with Crippen LogP contribution in [0.3, 0.4) is 0 Å². The molecule has 0 bridgehead atoms. The van der Waals surface area contributed by atoms with Crippen LogP contribution in [0.1, 0.15) is 116 Å². The third-order valence-corrected chi connectivity index (χ3v) is 5.25. The number of carbonyl (C=O) groups excluding carboxylic acids is 2. The van der Waals surface area contributed by atoms with Crippen molar-refractivity contribution in [1.82, 2.24) is 0 Å². The Kier molecular flexibility index (Phi) is 28.6. The summed E-state index contributed by atoms with van der Waals surface area (Å²) in [5, 5.41) is 10.4. The smallest absolute Gasteiger partial charge is 0.550 e. The number of hydrogen-bond acceptors (Lipinski definition) is 5. The van der Waals surface area contributed by atoms with Crippen LogP contribution in [-0.4, -0.2) is 31.8 Å². The molecule has 0 amide bonds. The van der Waals surface area contributed by atoms with Gasteiger partial charge in [0.1, 0.15) is 6.61 Å². The second-order valence-corrected chi connectivity index (χ2v) is 8.20. The van der Waals surface area contributed by atoms with Crippen molar-refractivity contribution in [3.05, 3.63) is 12.2 Å². The Balaban J connectivity index is 0. The number of carboxylic acids is 1. The van der Waals surface area contributed by atoms with Gasteiger partial charge in [0.2, 0.25) is 0 Å². The average Bonchev–Trinajstić information content (AvgIpc) is 2.71. The molecule has 6 heteroatoms. The second kappa shape index (κ2) is 26.5. The molecule has 0 aromatic heterocycles. The van der Waals surface area contributed by atoms with E-state index in [4.69, 9.17) is 9.47 Å². The van der Waals surface area contributed by atoms with Crippen LogP contribution in [0.2, 0.25) is 0 Å². The molecule has 0 aliphatic carbocycles. The minimum absolute atomic E-state index is 0. The van der Waals surface area contributed by atoms with Crippen LogP contribution >= 0.6 is 0 Å². The van der Waals surface area contributed by atoms with Crippen LogP contribution in [0.4, 0.5) is 0 Å². The summed E-state index contributed by atoms with van der Waals surface area (Å²) in [7, 11) is 0. The maximum absolute atomic E-state index is 11.4. The van der Waals surface area contributed by atoms with Gasteiger partial charge < -0.3 is 19.4 Å². The maximum atomic E-state index is 11.4. The monoisotopic (exact) mass is 464 g/mol. The predicted octanol–water partition coefficient (Wildman–Crippen LogP) is 2.51. The molecule has 0 aromatic rings. The van der Waals surface area contributed by atoms with Gasteiger partial charge in [0.15, 0.2) is 0 Å². The van der Waals surface area contributed by atoms with Gasteiger partial charge in [0.25, 0.3) is 0 Å². The summed E-state index contributed by atoms with van der Waals surface area (Å²) in [4.78, 5) is 21.8. The standard InChI is InChI=1S/C25H46O5.K/c1-3-4-5-6-7-8-9-10-11-12-13-14-15-16-17-18-19-29-20-21-30-25(28)23(2)22-24(26)27;/h2-22H2,1H3,(H,26,27);/q;+1/p-1. The molecule has 0 spiro atoms. The van der Waals surface area contributed by atoms with Gasteiger partial charge >= 0.3 is 57.4 Å². The van der Waals surface area contributed by atoms with Crippen molar-refractivity contribution < 1.29 is 75.6 Å². The summed E-state index contributed by atoms with van der Waals surface area (Å²) in [5.41, 5.74) is -0.104. The molecule has 0 saturated heterocycles. The van der Waals surface area contributed by atoms with Crippen molar-refractivity contribution in [2.45, 2.75) is 116 Å². The molecule has 5 nitrogen and oxygen atoms in total. The van der Waals surface area contributed by atoms with Crippen LogP contribution < -0.4 is 56.5 Å². The predicted molar refractivity (Wildman–Crippen MR) is 120 cm³/mol. The van der Waals surface area contributed by atoms with E-state index in [0.717, 1.165) is 6.42 Å². The van der Waals surface area contributed by atoms with Gasteiger partial charge in [-0.1, -0.05) is 110 Å². The van der Waals surface area contributed by atoms with Gasteiger partial charge in [0.05, 0.1) is 6.61 Å². The first kappa shape index (κ1) is 33.4. The van der Waals surface area contributed by atoms with E-state index in [1.54, 1.807) is 0 Å². The Morgan fingerprint density at radius 1 is 0.677 bits per heavy atom. The molecule has 31 heavy (non-hydrogen) atoms. The van der Waals surface area contributed by atoms with Gasteiger partial charge in [-0.15, -0.1) is 0 Å². The van der Waals surface area contributed by atoms with Crippen LogP contribution in [0.15, 0.2) is 12.2 Å². The second-order valence-electron chi connectivity index (χ2n) is 8.20. The third-order valence-electron chi connectivity index (χ3n) is 5.25. The summed E-state index contributed by atoms with van der Waals surface area (Å²) in [6.07, 6.45) is 21.0. The first-order valence-electron chi connectivity index (χ1n) is 12.2. The maximum Gasteiger partial charge on any atom is 1.00 e. The number of carbonyl (C=O) groups is 2. The molecular formula is C25H45KO5. The Morgan fingerprint density at radius 2 is 1.10 bits per heavy atom. The topological polar surface area (TPSA) is 75.7 Å². The molecule has 0 aliphatic rings. The van der Waals surface area contributed by atoms with Gasteiger partial charge in [0, 0.05) is 24.6 Å². The van der Waals surface area contributed by atoms with Crippen LogP contribution in [0, 0.1) is 0 Å². The van der Waals surface area contributed by atoms with Gasteiger partial charge in [-0.3, -0.25) is 0 Å². The molecule has 0 rings (SSSR count). The SMILES string of the molecule is C=C(CC(=O)[O-])C(=O)OCCOCCCCCCCCCCCCCCCCCC.[K+]. The van der Waals surface area contributed by atoms with E-state index in [1.165, 1.54) is 96.3 Å². The summed E-state index contributed by atoms with van der Waals surface area (Å²) >= 11 is 0. The number of carboxylic acid groups (broad SMARTS) is 1. The fraction of sp³-hybridized carbons (Fsp3) is 0.840. The first-order chi connectivity index (χ1) is 14.6. The summed E-state index contributed by atoms with van der Waals surface area (Å²) < 4.78 is 10.3. The van der Waals surface area contributed by atoms with Crippen molar-refractivity contribution >= 4 is 11.9 Å². The molecule has 0 heterocycles. The average molecular weight is 465 g/mol. The van der Waals surface area contributed by atoms with Crippen LogP contribution in [-0.2, 0) is 19.1 Å². The third kappa shape index (κ3) is 26.4. The molecule has 0 saturated carbocycles. The van der Waals surface area contributed by atoms with Crippen molar-refractivity contribution in [3.8, 4) is 0 Å². The molecule has 176 valence electrons. The number of aliphatic carboxylic acids is 1. The fourth-order valence-corrected chi connectivity index (χ4v) is 3.40. The van der Waals surface area contributed by atoms with Gasteiger partial charge in [-0.2, -0.15) is 0 Å². The molecule has 0 unspecified atom stereocenters. The minimum atomic E-state index is -1.34. The number of esters is 1. The molecule has 0 N–H and O–H groups in total. The zero-order valence-corrected chi connectivity index (χ0v) is 23.5. The van der Waals surface area contributed by atoms with E-state index >= 15 is 0 Å². The van der Waals surface area contributed by atoms with Crippen molar-refractivity contribution in [2.75, 3.05) is 19.8 Å². The summed E-state index contributed by atoms with van der Waals surface area (Å²) in [5.74, 6) is -2.04. The molecule has 0 aliphatic heterocycles. The quantitative estimate of drug-likeness (QED) is 0.101. The normalized spacial score (nSPS) is 10.5. The van der Waals surface area contributed by atoms with Gasteiger partial charge in [-0.25, -0.2) is 4.79 Å². The largest absolute Gasteiger partial charge is 1.00 e. The molecule has 0 fully saturated rings. The van der Waals surface area contributed by atoms with E-state index in [1.807, 2.05) is 0 Å².